The average molecular weight is 345 g/mol. The molecule has 1 fully saturated rings. The molecule has 0 unspecified atom stereocenters. The normalized spacial score (nSPS) is 15.4. The summed E-state index contributed by atoms with van der Waals surface area (Å²) in [6.07, 6.45) is 3.46. The highest BCUT2D eigenvalue weighted by atomic mass is 16.5. The SMILES string of the molecule is COc1cncc(-c2cc(OC)cc(OCC3COCCOC3)c2)c1. The first kappa shape index (κ1) is 17.5. The van der Waals surface area contributed by atoms with E-state index in [2.05, 4.69) is 4.98 Å². The largest absolute Gasteiger partial charge is 0.497 e. The number of ether oxygens (including phenoxy) is 5. The summed E-state index contributed by atoms with van der Waals surface area (Å²) in [5.74, 6) is 2.39. The van der Waals surface area contributed by atoms with Gasteiger partial charge in [0, 0.05) is 23.7 Å². The number of aromatic nitrogens is 1. The highest BCUT2D eigenvalue weighted by molar-refractivity contribution is 5.67. The Morgan fingerprint density at radius 3 is 2.28 bits per heavy atom. The average Bonchev–Trinajstić information content (AvgIpc) is 2.95. The molecule has 0 radical (unpaired) electrons. The van der Waals surface area contributed by atoms with Gasteiger partial charge in [-0.05, 0) is 23.8 Å². The first-order chi connectivity index (χ1) is 12.3. The van der Waals surface area contributed by atoms with Crippen LogP contribution >= 0.6 is 0 Å². The number of methoxy groups -OCH3 is 2. The molecular weight excluding hydrogens is 322 g/mol. The van der Waals surface area contributed by atoms with Crippen LogP contribution in [0.3, 0.4) is 0 Å². The molecule has 6 nitrogen and oxygen atoms in total. The lowest BCUT2D eigenvalue weighted by molar-refractivity contribution is 0.101. The van der Waals surface area contributed by atoms with Crippen molar-refractivity contribution < 1.29 is 23.7 Å². The van der Waals surface area contributed by atoms with Crippen molar-refractivity contribution in [3.8, 4) is 28.4 Å². The second-order valence-corrected chi connectivity index (χ2v) is 5.84. The number of pyridine rings is 1. The molecule has 1 saturated heterocycles. The zero-order valence-corrected chi connectivity index (χ0v) is 14.6. The molecule has 0 bridgehead atoms. The quantitative estimate of drug-likeness (QED) is 0.802. The predicted molar refractivity (Wildman–Crippen MR) is 93.4 cm³/mol. The third-order valence-corrected chi connectivity index (χ3v) is 3.96. The van der Waals surface area contributed by atoms with Gasteiger partial charge in [0.25, 0.3) is 0 Å². The summed E-state index contributed by atoms with van der Waals surface area (Å²) in [5.41, 5.74) is 1.89. The van der Waals surface area contributed by atoms with Gasteiger partial charge in [-0.3, -0.25) is 4.98 Å². The molecule has 134 valence electrons. The number of rotatable bonds is 6. The number of nitrogens with zero attached hydrogens (tertiary/aromatic N) is 1. The van der Waals surface area contributed by atoms with Crippen molar-refractivity contribution in [1.82, 2.24) is 4.98 Å². The maximum Gasteiger partial charge on any atom is 0.137 e. The zero-order chi connectivity index (χ0) is 17.5. The number of hydrogen-bond donors (Lipinski definition) is 0. The van der Waals surface area contributed by atoms with Crippen LogP contribution in [0.1, 0.15) is 0 Å². The Morgan fingerprint density at radius 1 is 0.880 bits per heavy atom. The Hall–Kier alpha value is -2.31. The van der Waals surface area contributed by atoms with Crippen molar-refractivity contribution in [3.63, 3.8) is 0 Å². The van der Waals surface area contributed by atoms with E-state index < -0.39 is 0 Å². The van der Waals surface area contributed by atoms with E-state index in [4.69, 9.17) is 23.7 Å². The summed E-state index contributed by atoms with van der Waals surface area (Å²) in [5, 5.41) is 0. The van der Waals surface area contributed by atoms with Gasteiger partial charge in [-0.1, -0.05) is 0 Å². The molecule has 1 aliphatic rings. The van der Waals surface area contributed by atoms with E-state index in [1.165, 1.54) is 0 Å². The fraction of sp³-hybridized carbons (Fsp3) is 0.421. The second kappa shape index (κ2) is 8.69. The van der Waals surface area contributed by atoms with Crippen molar-refractivity contribution >= 4 is 0 Å². The van der Waals surface area contributed by atoms with Gasteiger partial charge in [-0.2, -0.15) is 0 Å². The summed E-state index contributed by atoms with van der Waals surface area (Å²) in [6.45, 7) is 3.11. The lowest BCUT2D eigenvalue weighted by atomic mass is 10.1. The van der Waals surface area contributed by atoms with Crippen LogP contribution in [-0.2, 0) is 9.47 Å². The lowest BCUT2D eigenvalue weighted by Gasteiger charge is -2.16. The van der Waals surface area contributed by atoms with E-state index in [0.29, 0.717) is 38.8 Å². The van der Waals surface area contributed by atoms with E-state index in [1.807, 2.05) is 24.3 Å². The molecule has 3 rings (SSSR count). The first-order valence-corrected chi connectivity index (χ1v) is 8.25. The molecule has 0 spiro atoms. The Morgan fingerprint density at radius 2 is 1.56 bits per heavy atom. The summed E-state index contributed by atoms with van der Waals surface area (Å²) >= 11 is 0. The minimum Gasteiger partial charge on any atom is -0.497 e. The molecule has 0 aliphatic carbocycles. The van der Waals surface area contributed by atoms with Crippen molar-refractivity contribution in [2.24, 2.45) is 5.92 Å². The van der Waals surface area contributed by atoms with Gasteiger partial charge in [-0.25, -0.2) is 0 Å². The molecule has 2 heterocycles. The third-order valence-electron chi connectivity index (χ3n) is 3.96. The molecule has 0 amide bonds. The molecule has 1 aromatic carbocycles. The maximum atomic E-state index is 5.97. The monoisotopic (exact) mass is 345 g/mol. The van der Waals surface area contributed by atoms with Gasteiger partial charge in [-0.15, -0.1) is 0 Å². The summed E-state index contributed by atoms with van der Waals surface area (Å²) in [6, 6.07) is 7.71. The van der Waals surface area contributed by atoms with Crippen LogP contribution in [0, 0.1) is 5.92 Å². The second-order valence-electron chi connectivity index (χ2n) is 5.84. The maximum absolute atomic E-state index is 5.97. The van der Waals surface area contributed by atoms with Crippen molar-refractivity contribution in [2.45, 2.75) is 0 Å². The Kier molecular flexibility index (Phi) is 6.09. The van der Waals surface area contributed by atoms with Gasteiger partial charge >= 0.3 is 0 Å². The highest BCUT2D eigenvalue weighted by Crippen LogP contribution is 2.31. The zero-order valence-electron chi connectivity index (χ0n) is 14.6. The molecule has 0 N–H and O–H groups in total. The molecule has 1 aliphatic heterocycles. The van der Waals surface area contributed by atoms with E-state index in [1.54, 1.807) is 26.6 Å². The van der Waals surface area contributed by atoms with Crippen LogP contribution in [0.4, 0.5) is 0 Å². The standard InChI is InChI=1S/C19H23NO5/c1-21-17-5-15(16-7-19(22-2)10-20-9-16)6-18(8-17)25-13-14-11-23-3-4-24-12-14/h5-10,14H,3-4,11-13H2,1-2H3. The van der Waals surface area contributed by atoms with Gasteiger partial charge in [0.2, 0.25) is 0 Å². The summed E-state index contributed by atoms with van der Waals surface area (Å²) < 4.78 is 27.6. The van der Waals surface area contributed by atoms with Gasteiger partial charge in [0.15, 0.2) is 0 Å². The number of benzene rings is 1. The van der Waals surface area contributed by atoms with Crippen LogP contribution in [0.15, 0.2) is 36.7 Å². The molecule has 1 aromatic heterocycles. The Labute approximate surface area is 147 Å². The van der Waals surface area contributed by atoms with Crippen LogP contribution in [0.2, 0.25) is 0 Å². The molecule has 25 heavy (non-hydrogen) atoms. The van der Waals surface area contributed by atoms with Crippen molar-refractivity contribution in [1.29, 1.82) is 0 Å². The van der Waals surface area contributed by atoms with Crippen molar-refractivity contribution in [3.05, 3.63) is 36.7 Å². The fourth-order valence-corrected chi connectivity index (χ4v) is 2.60. The topological polar surface area (TPSA) is 59.0 Å². The molecular formula is C19H23NO5. The minimum absolute atomic E-state index is 0.218. The predicted octanol–water partition coefficient (Wildman–Crippen LogP) is 2.81. The Bertz CT molecular complexity index is 683. The summed E-state index contributed by atoms with van der Waals surface area (Å²) in [4.78, 5) is 4.21. The summed E-state index contributed by atoms with van der Waals surface area (Å²) in [7, 11) is 3.26. The third kappa shape index (κ3) is 4.84. The van der Waals surface area contributed by atoms with Gasteiger partial charge in [0.1, 0.15) is 17.2 Å². The molecule has 0 saturated carbocycles. The van der Waals surface area contributed by atoms with Crippen LogP contribution in [0.25, 0.3) is 11.1 Å². The van der Waals surface area contributed by atoms with Crippen molar-refractivity contribution in [2.75, 3.05) is 47.3 Å². The Balaban J connectivity index is 1.77. The van der Waals surface area contributed by atoms with Gasteiger partial charge < -0.3 is 23.7 Å². The smallest absolute Gasteiger partial charge is 0.137 e. The van der Waals surface area contributed by atoms with E-state index in [0.717, 1.165) is 22.6 Å². The lowest BCUT2D eigenvalue weighted by Crippen LogP contribution is -2.20. The van der Waals surface area contributed by atoms with E-state index >= 15 is 0 Å². The van der Waals surface area contributed by atoms with Crippen LogP contribution < -0.4 is 14.2 Å². The minimum atomic E-state index is 0.218. The first-order valence-electron chi connectivity index (χ1n) is 8.25. The molecule has 0 atom stereocenters. The van der Waals surface area contributed by atoms with Crippen LogP contribution in [-0.4, -0.2) is 52.2 Å². The van der Waals surface area contributed by atoms with E-state index in [-0.39, 0.29) is 5.92 Å². The van der Waals surface area contributed by atoms with Gasteiger partial charge in [0.05, 0.1) is 53.5 Å². The van der Waals surface area contributed by atoms with Crippen LogP contribution in [0.5, 0.6) is 17.2 Å². The highest BCUT2D eigenvalue weighted by Gasteiger charge is 2.15. The molecule has 2 aromatic rings. The fourth-order valence-electron chi connectivity index (χ4n) is 2.60. The van der Waals surface area contributed by atoms with E-state index in [9.17, 15) is 0 Å². The molecule has 6 heteroatoms. The number of hydrogen-bond acceptors (Lipinski definition) is 6.